The van der Waals surface area contributed by atoms with Crippen LogP contribution in [0, 0.1) is 6.92 Å². The molecule has 0 atom stereocenters. The Balaban J connectivity index is 1.83. The van der Waals surface area contributed by atoms with E-state index in [9.17, 15) is 4.79 Å². The molecular formula is C20H25N3O. The molecule has 2 aromatic rings. The van der Waals surface area contributed by atoms with Gasteiger partial charge < -0.3 is 10.2 Å². The van der Waals surface area contributed by atoms with Crippen LogP contribution in [0.3, 0.4) is 0 Å². The fourth-order valence-electron chi connectivity index (χ4n) is 3.30. The highest BCUT2D eigenvalue weighted by Gasteiger charge is 2.24. The second-order valence-corrected chi connectivity index (χ2v) is 6.56. The molecule has 1 amide bonds. The molecule has 1 aliphatic rings. The molecule has 126 valence electrons. The summed E-state index contributed by atoms with van der Waals surface area (Å²) in [5, 5.41) is 3.38. The molecule has 4 nitrogen and oxygen atoms in total. The number of pyridine rings is 1. The molecule has 0 bridgehead atoms. The van der Waals surface area contributed by atoms with Crippen LogP contribution in [-0.2, 0) is 6.54 Å². The molecule has 4 heteroatoms. The normalized spacial score (nSPS) is 15.2. The Morgan fingerprint density at radius 3 is 2.58 bits per heavy atom. The van der Waals surface area contributed by atoms with Crippen LogP contribution in [-0.4, -0.2) is 35.9 Å². The molecule has 1 fully saturated rings. The smallest absolute Gasteiger partial charge is 0.255 e. The average molecular weight is 323 g/mol. The van der Waals surface area contributed by atoms with Crippen molar-refractivity contribution in [1.82, 2.24) is 15.2 Å². The number of hydrogen-bond acceptors (Lipinski definition) is 3. The second-order valence-electron chi connectivity index (χ2n) is 6.56. The van der Waals surface area contributed by atoms with Crippen LogP contribution in [0.4, 0.5) is 0 Å². The number of rotatable bonds is 4. The van der Waals surface area contributed by atoms with Gasteiger partial charge in [0.25, 0.3) is 5.91 Å². The van der Waals surface area contributed by atoms with E-state index in [-0.39, 0.29) is 5.91 Å². The lowest BCUT2D eigenvalue weighted by Gasteiger charge is -2.26. The van der Waals surface area contributed by atoms with E-state index < -0.39 is 0 Å². The maximum absolute atomic E-state index is 13.0. The van der Waals surface area contributed by atoms with Gasteiger partial charge in [0.05, 0.1) is 11.3 Å². The van der Waals surface area contributed by atoms with Gasteiger partial charge in [-0.25, -0.2) is 0 Å². The Labute approximate surface area is 143 Å². The summed E-state index contributed by atoms with van der Waals surface area (Å²) >= 11 is 0. The lowest BCUT2D eigenvalue weighted by Crippen LogP contribution is -2.31. The summed E-state index contributed by atoms with van der Waals surface area (Å²) in [7, 11) is 1.86. The summed E-state index contributed by atoms with van der Waals surface area (Å²) in [6.07, 6.45) is 2.08. The first-order valence-electron chi connectivity index (χ1n) is 8.63. The number of aryl methyl sites for hydroxylation is 1. The summed E-state index contributed by atoms with van der Waals surface area (Å²) in [4.78, 5) is 19.5. The third kappa shape index (κ3) is 3.82. The lowest BCUT2D eigenvalue weighted by atomic mass is 9.90. The van der Waals surface area contributed by atoms with Gasteiger partial charge in [0.15, 0.2) is 0 Å². The Hall–Kier alpha value is -2.20. The van der Waals surface area contributed by atoms with Gasteiger partial charge in [-0.1, -0.05) is 30.3 Å². The van der Waals surface area contributed by atoms with E-state index in [4.69, 9.17) is 4.98 Å². The predicted molar refractivity (Wildman–Crippen MR) is 96.1 cm³/mol. The van der Waals surface area contributed by atoms with E-state index in [2.05, 4.69) is 5.32 Å². The molecule has 1 N–H and O–H groups in total. The molecule has 2 heterocycles. The van der Waals surface area contributed by atoms with Crippen LogP contribution in [0.25, 0.3) is 0 Å². The highest BCUT2D eigenvalue weighted by molar-refractivity contribution is 5.95. The molecule has 1 saturated heterocycles. The third-order valence-electron chi connectivity index (χ3n) is 4.63. The number of nitrogens with zero attached hydrogens (tertiary/aromatic N) is 2. The minimum atomic E-state index is 0.0554. The van der Waals surface area contributed by atoms with Crippen molar-refractivity contribution in [1.29, 1.82) is 0 Å². The predicted octanol–water partition coefficient (Wildman–Crippen LogP) is 3.13. The van der Waals surface area contributed by atoms with Crippen LogP contribution in [0.15, 0.2) is 42.5 Å². The van der Waals surface area contributed by atoms with Crippen molar-refractivity contribution in [3.05, 3.63) is 65.0 Å². The zero-order valence-electron chi connectivity index (χ0n) is 14.5. The molecule has 1 aliphatic heterocycles. The molecule has 0 spiro atoms. The number of piperidine rings is 1. The molecule has 3 rings (SSSR count). The maximum atomic E-state index is 13.0. The monoisotopic (exact) mass is 323 g/mol. The zero-order chi connectivity index (χ0) is 16.9. The largest absolute Gasteiger partial charge is 0.337 e. The summed E-state index contributed by atoms with van der Waals surface area (Å²) in [6.45, 7) is 4.59. The van der Waals surface area contributed by atoms with E-state index in [0.717, 1.165) is 48.4 Å². The van der Waals surface area contributed by atoms with Crippen molar-refractivity contribution in [2.24, 2.45) is 0 Å². The number of aromatic nitrogens is 1. The Bertz CT molecular complexity index is 693. The van der Waals surface area contributed by atoms with Crippen LogP contribution in [0.1, 0.15) is 46.1 Å². The minimum absolute atomic E-state index is 0.0554. The standard InChI is InChI=1S/C20H25N3O/c1-15-8-9-18(19(22-15)17-10-12-21-13-11-17)20(24)23(2)14-16-6-4-3-5-7-16/h3-9,17,21H,10-14H2,1-2H3. The van der Waals surface area contributed by atoms with Crippen molar-refractivity contribution >= 4 is 5.91 Å². The fourth-order valence-corrected chi connectivity index (χ4v) is 3.30. The molecule has 0 unspecified atom stereocenters. The van der Waals surface area contributed by atoms with E-state index in [1.165, 1.54) is 0 Å². The van der Waals surface area contributed by atoms with Crippen molar-refractivity contribution < 1.29 is 4.79 Å². The Morgan fingerprint density at radius 1 is 1.17 bits per heavy atom. The van der Waals surface area contributed by atoms with Gasteiger partial charge in [0, 0.05) is 25.2 Å². The fraction of sp³-hybridized carbons (Fsp3) is 0.400. The first-order valence-corrected chi connectivity index (χ1v) is 8.63. The second kappa shape index (κ2) is 7.58. The molecule has 0 aliphatic carbocycles. The SMILES string of the molecule is Cc1ccc(C(=O)N(C)Cc2ccccc2)c(C2CCNCC2)n1. The summed E-state index contributed by atoms with van der Waals surface area (Å²) < 4.78 is 0. The molecule has 0 radical (unpaired) electrons. The Kier molecular flexibility index (Phi) is 5.26. The van der Waals surface area contributed by atoms with Crippen molar-refractivity contribution in [2.75, 3.05) is 20.1 Å². The number of nitrogens with one attached hydrogen (secondary N) is 1. The maximum Gasteiger partial charge on any atom is 0.255 e. The molecule has 1 aromatic heterocycles. The number of amides is 1. The van der Waals surface area contributed by atoms with Crippen molar-refractivity contribution in [2.45, 2.75) is 32.2 Å². The van der Waals surface area contributed by atoms with Gasteiger partial charge in [-0.3, -0.25) is 9.78 Å². The van der Waals surface area contributed by atoms with E-state index in [1.54, 1.807) is 4.90 Å². The molecule has 1 aromatic carbocycles. The highest BCUT2D eigenvalue weighted by Crippen LogP contribution is 2.27. The van der Waals surface area contributed by atoms with E-state index in [1.807, 2.05) is 56.4 Å². The Morgan fingerprint density at radius 2 is 1.88 bits per heavy atom. The first kappa shape index (κ1) is 16.7. The summed E-state index contributed by atoms with van der Waals surface area (Å²) in [5.41, 5.74) is 3.84. The number of carbonyl (C=O) groups is 1. The first-order chi connectivity index (χ1) is 11.6. The summed E-state index contributed by atoms with van der Waals surface area (Å²) in [5.74, 6) is 0.426. The van der Waals surface area contributed by atoms with Crippen molar-refractivity contribution in [3.63, 3.8) is 0 Å². The van der Waals surface area contributed by atoms with Crippen LogP contribution in [0.5, 0.6) is 0 Å². The van der Waals surface area contributed by atoms with Gasteiger partial charge in [0.2, 0.25) is 0 Å². The van der Waals surface area contributed by atoms with Crippen LogP contribution < -0.4 is 5.32 Å². The van der Waals surface area contributed by atoms with E-state index >= 15 is 0 Å². The van der Waals surface area contributed by atoms with Gasteiger partial charge >= 0.3 is 0 Å². The van der Waals surface area contributed by atoms with Crippen LogP contribution in [0.2, 0.25) is 0 Å². The summed E-state index contributed by atoms with van der Waals surface area (Å²) in [6, 6.07) is 14.0. The molecule has 24 heavy (non-hydrogen) atoms. The zero-order valence-corrected chi connectivity index (χ0v) is 14.5. The molecular weight excluding hydrogens is 298 g/mol. The van der Waals surface area contributed by atoms with Gasteiger partial charge in [-0.05, 0) is 50.6 Å². The third-order valence-corrected chi connectivity index (χ3v) is 4.63. The highest BCUT2D eigenvalue weighted by atomic mass is 16.2. The van der Waals surface area contributed by atoms with E-state index in [0.29, 0.717) is 12.5 Å². The van der Waals surface area contributed by atoms with Gasteiger partial charge in [-0.15, -0.1) is 0 Å². The van der Waals surface area contributed by atoms with Crippen LogP contribution >= 0.6 is 0 Å². The average Bonchev–Trinajstić information content (AvgIpc) is 2.62. The van der Waals surface area contributed by atoms with Crippen molar-refractivity contribution in [3.8, 4) is 0 Å². The quantitative estimate of drug-likeness (QED) is 0.940. The number of hydrogen-bond donors (Lipinski definition) is 1. The molecule has 0 saturated carbocycles. The number of benzene rings is 1. The van der Waals surface area contributed by atoms with Gasteiger partial charge in [0.1, 0.15) is 0 Å². The lowest BCUT2D eigenvalue weighted by molar-refractivity contribution is 0.0782. The topological polar surface area (TPSA) is 45.2 Å². The van der Waals surface area contributed by atoms with Gasteiger partial charge in [-0.2, -0.15) is 0 Å². The minimum Gasteiger partial charge on any atom is -0.337 e. The number of carbonyl (C=O) groups excluding carboxylic acids is 1.